The van der Waals surface area contributed by atoms with Gasteiger partial charge < -0.3 is 10.1 Å². The summed E-state index contributed by atoms with van der Waals surface area (Å²) in [7, 11) is 0. The number of nitrogens with zero attached hydrogens (tertiary/aromatic N) is 2. The van der Waals surface area contributed by atoms with Crippen molar-refractivity contribution in [1.82, 2.24) is 9.78 Å². The molecule has 1 aliphatic heterocycles. The van der Waals surface area contributed by atoms with Crippen molar-refractivity contribution in [2.75, 3.05) is 11.9 Å². The molecule has 4 aromatic rings. The summed E-state index contributed by atoms with van der Waals surface area (Å²) in [5, 5.41) is 8.47. The first-order valence-electron chi connectivity index (χ1n) is 9.67. The third kappa shape index (κ3) is 3.62. The average Bonchev–Trinajstić information content (AvgIpc) is 3.37. The molecule has 0 bridgehead atoms. The number of aromatic nitrogens is 2. The van der Waals surface area contributed by atoms with Crippen molar-refractivity contribution in [3.63, 3.8) is 0 Å². The van der Waals surface area contributed by atoms with E-state index in [0.717, 1.165) is 41.5 Å². The van der Waals surface area contributed by atoms with Gasteiger partial charge in [-0.1, -0.05) is 48.5 Å². The Bertz CT molecular complexity index is 1140. The van der Waals surface area contributed by atoms with E-state index in [1.165, 1.54) is 14.7 Å². The van der Waals surface area contributed by atoms with Crippen LogP contribution in [-0.4, -0.2) is 16.3 Å². The molecule has 0 aliphatic carbocycles. The zero-order valence-corrected chi connectivity index (χ0v) is 18.0. The van der Waals surface area contributed by atoms with E-state index < -0.39 is 0 Å². The Morgan fingerprint density at radius 2 is 1.69 bits per heavy atom. The highest BCUT2D eigenvalue weighted by atomic mass is 127. The van der Waals surface area contributed by atoms with Gasteiger partial charge in [-0.15, -0.1) is 0 Å². The van der Waals surface area contributed by atoms with E-state index in [1.807, 2.05) is 35.0 Å². The van der Waals surface area contributed by atoms with Crippen LogP contribution in [0, 0.1) is 3.57 Å². The molecule has 5 rings (SSSR count). The van der Waals surface area contributed by atoms with E-state index in [9.17, 15) is 0 Å². The molecule has 0 amide bonds. The number of halogens is 1. The van der Waals surface area contributed by atoms with E-state index in [2.05, 4.69) is 76.4 Å². The average molecular weight is 493 g/mol. The molecule has 1 aromatic heterocycles. The molecule has 29 heavy (non-hydrogen) atoms. The molecular weight excluding hydrogens is 473 g/mol. The maximum absolute atomic E-state index is 5.92. The number of benzene rings is 3. The monoisotopic (exact) mass is 493 g/mol. The molecule has 5 heteroatoms. The van der Waals surface area contributed by atoms with Gasteiger partial charge >= 0.3 is 0 Å². The second-order valence-electron chi connectivity index (χ2n) is 7.01. The number of fused-ring (bicyclic) bond motifs is 1. The van der Waals surface area contributed by atoms with Gasteiger partial charge in [-0.3, -0.25) is 0 Å². The van der Waals surface area contributed by atoms with Crippen molar-refractivity contribution < 1.29 is 4.74 Å². The van der Waals surface area contributed by atoms with Crippen LogP contribution in [0.25, 0.3) is 16.9 Å². The maximum atomic E-state index is 5.92. The Morgan fingerprint density at radius 3 is 2.48 bits per heavy atom. The van der Waals surface area contributed by atoms with Gasteiger partial charge in [0.25, 0.3) is 0 Å². The van der Waals surface area contributed by atoms with Crippen LogP contribution >= 0.6 is 22.6 Å². The first kappa shape index (κ1) is 18.2. The Labute approximate surface area is 183 Å². The molecule has 3 aromatic carbocycles. The Kier molecular flexibility index (Phi) is 4.97. The lowest BCUT2D eigenvalue weighted by atomic mass is 10.1. The fraction of sp³-hybridized carbons (Fsp3) is 0.125. The molecule has 1 aliphatic rings. The lowest BCUT2D eigenvalue weighted by Crippen LogP contribution is -2.04. The molecule has 144 valence electrons. The van der Waals surface area contributed by atoms with Crippen molar-refractivity contribution in [3.05, 3.63) is 93.6 Å². The SMILES string of the molecule is Ic1ccccc1-c1nn(-c2ccc(OCc3ccccc3)cc2)c2c1CCN2. The second kappa shape index (κ2) is 7.91. The van der Waals surface area contributed by atoms with Gasteiger partial charge in [-0.05, 0) is 64.9 Å². The van der Waals surface area contributed by atoms with E-state index in [4.69, 9.17) is 9.84 Å². The summed E-state index contributed by atoms with van der Waals surface area (Å²) < 4.78 is 9.15. The lowest BCUT2D eigenvalue weighted by Gasteiger charge is -2.09. The van der Waals surface area contributed by atoms with Gasteiger partial charge in [0, 0.05) is 21.2 Å². The molecule has 0 fully saturated rings. The van der Waals surface area contributed by atoms with Crippen molar-refractivity contribution in [2.24, 2.45) is 0 Å². The van der Waals surface area contributed by atoms with E-state index >= 15 is 0 Å². The fourth-order valence-corrected chi connectivity index (χ4v) is 4.30. The molecule has 4 nitrogen and oxygen atoms in total. The summed E-state index contributed by atoms with van der Waals surface area (Å²) in [6.45, 7) is 1.51. The fourth-order valence-electron chi connectivity index (χ4n) is 3.66. The van der Waals surface area contributed by atoms with Gasteiger partial charge in [-0.25, -0.2) is 4.68 Å². The Hall–Kier alpha value is -2.80. The molecule has 0 atom stereocenters. The molecular formula is C24H20IN3O. The molecule has 0 unspecified atom stereocenters. The van der Waals surface area contributed by atoms with Crippen LogP contribution in [0.2, 0.25) is 0 Å². The van der Waals surface area contributed by atoms with Gasteiger partial charge in [0.15, 0.2) is 0 Å². The zero-order chi connectivity index (χ0) is 19.6. The zero-order valence-electron chi connectivity index (χ0n) is 15.8. The summed E-state index contributed by atoms with van der Waals surface area (Å²) in [6.07, 6.45) is 0.994. The minimum Gasteiger partial charge on any atom is -0.489 e. The quantitative estimate of drug-likeness (QED) is 0.363. The van der Waals surface area contributed by atoms with Gasteiger partial charge in [-0.2, -0.15) is 5.10 Å². The van der Waals surface area contributed by atoms with Crippen LogP contribution in [0.3, 0.4) is 0 Å². The second-order valence-corrected chi connectivity index (χ2v) is 8.17. The first-order valence-corrected chi connectivity index (χ1v) is 10.8. The van der Waals surface area contributed by atoms with Crippen molar-refractivity contribution >= 4 is 28.4 Å². The highest BCUT2D eigenvalue weighted by molar-refractivity contribution is 14.1. The van der Waals surface area contributed by atoms with Crippen LogP contribution in [0.4, 0.5) is 5.82 Å². The number of anilines is 1. The summed E-state index contributed by atoms with van der Waals surface area (Å²) in [4.78, 5) is 0. The number of hydrogen-bond acceptors (Lipinski definition) is 3. The minimum atomic E-state index is 0.565. The van der Waals surface area contributed by atoms with Crippen molar-refractivity contribution in [3.8, 4) is 22.7 Å². The van der Waals surface area contributed by atoms with Crippen molar-refractivity contribution in [2.45, 2.75) is 13.0 Å². The number of ether oxygens (including phenoxy) is 1. The molecule has 1 N–H and O–H groups in total. The Balaban J connectivity index is 1.43. The highest BCUT2D eigenvalue weighted by Gasteiger charge is 2.24. The lowest BCUT2D eigenvalue weighted by molar-refractivity contribution is 0.306. The van der Waals surface area contributed by atoms with E-state index in [0.29, 0.717) is 6.61 Å². The summed E-state index contributed by atoms with van der Waals surface area (Å²) in [5.41, 5.74) is 5.74. The minimum absolute atomic E-state index is 0.565. The van der Waals surface area contributed by atoms with Gasteiger partial charge in [0.1, 0.15) is 18.2 Å². The van der Waals surface area contributed by atoms with Crippen LogP contribution in [0.1, 0.15) is 11.1 Å². The molecule has 0 saturated carbocycles. The largest absolute Gasteiger partial charge is 0.489 e. The first-order chi connectivity index (χ1) is 14.3. The summed E-state index contributed by atoms with van der Waals surface area (Å²) in [5.74, 6) is 1.95. The van der Waals surface area contributed by atoms with Gasteiger partial charge in [0.2, 0.25) is 0 Å². The summed E-state index contributed by atoms with van der Waals surface area (Å²) in [6, 6.07) is 26.8. The highest BCUT2D eigenvalue weighted by Crippen LogP contribution is 2.36. The molecule has 0 radical (unpaired) electrons. The van der Waals surface area contributed by atoms with Crippen molar-refractivity contribution in [1.29, 1.82) is 0 Å². The van der Waals surface area contributed by atoms with Crippen LogP contribution in [0.15, 0.2) is 78.9 Å². The predicted molar refractivity (Wildman–Crippen MR) is 125 cm³/mol. The van der Waals surface area contributed by atoms with Crippen LogP contribution in [-0.2, 0) is 13.0 Å². The topological polar surface area (TPSA) is 39.1 Å². The standard InChI is InChI=1S/C24H20IN3O/c25-22-9-5-4-8-20(22)23-21-14-15-26-24(21)28(27-23)18-10-12-19(13-11-18)29-16-17-6-2-1-3-7-17/h1-13,26H,14-16H2. The van der Waals surface area contributed by atoms with Crippen LogP contribution in [0.5, 0.6) is 5.75 Å². The summed E-state index contributed by atoms with van der Waals surface area (Å²) >= 11 is 2.38. The number of hydrogen-bond donors (Lipinski definition) is 1. The predicted octanol–water partition coefficient (Wildman–Crippen LogP) is 5.69. The third-order valence-electron chi connectivity index (χ3n) is 5.11. The molecule has 0 saturated heterocycles. The molecule has 2 heterocycles. The van der Waals surface area contributed by atoms with E-state index in [1.54, 1.807) is 0 Å². The normalized spacial score (nSPS) is 12.4. The Morgan fingerprint density at radius 1 is 0.931 bits per heavy atom. The smallest absolute Gasteiger partial charge is 0.133 e. The third-order valence-corrected chi connectivity index (χ3v) is 6.05. The van der Waals surface area contributed by atoms with Crippen LogP contribution < -0.4 is 10.1 Å². The molecule has 0 spiro atoms. The number of nitrogens with one attached hydrogen (secondary N) is 1. The van der Waals surface area contributed by atoms with E-state index in [-0.39, 0.29) is 0 Å². The number of rotatable bonds is 5. The maximum Gasteiger partial charge on any atom is 0.133 e. The van der Waals surface area contributed by atoms with Gasteiger partial charge in [0.05, 0.1) is 11.4 Å².